The van der Waals surface area contributed by atoms with Crippen LogP contribution in [-0.2, 0) is 16.5 Å². The zero-order chi connectivity index (χ0) is 9.14. The monoisotopic (exact) mass is 188 g/mol. The zero-order valence-electron chi connectivity index (χ0n) is 6.58. The number of benzene rings is 1. The largest absolute Gasteiger partial charge is 0.232 e. The molecule has 0 radical (unpaired) electrons. The van der Waals surface area contributed by atoms with Crippen molar-refractivity contribution in [1.82, 2.24) is 0 Å². The molecule has 0 fully saturated rings. The smallest absolute Gasteiger partial charge is 0.144 e. The van der Waals surface area contributed by atoms with E-state index in [4.69, 9.17) is 0 Å². The van der Waals surface area contributed by atoms with Crippen LogP contribution in [0.1, 0.15) is 11.1 Å². The Balaban J connectivity index is 2.97. The van der Waals surface area contributed by atoms with E-state index in [-0.39, 0.29) is 11.6 Å². The molecule has 1 rings (SSSR count). The molecule has 12 heavy (non-hydrogen) atoms. The van der Waals surface area contributed by atoms with E-state index in [2.05, 4.69) is 0 Å². The molecule has 0 amide bonds. The van der Waals surface area contributed by atoms with Gasteiger partial charge in [-0.1, -0.05) is 12.1 Å². The molecule has 0 saturated heterocycles. The molecule has 0 heterocycles. The van der Waals surface area contributed by atoms with Crippen LogP contribution in [-0.4, -0.2) is 8.42 Å². The Bertz CT molecular complexity index is 350. The van der Waals surface area contributed by atoms with Crippen molar-refractivity contribution in [2.45, 2.75) is 12.7 Å². The standard InChI is InChI=1S/C8H9FO2S/c1-6-2-3-7(4-8(6)9)5-12(10)11/h2-4,12H,5H2,1H3. The van der Waals surface area contributed by atoms with Gasteiger partial charge in [0, 0.05) is 0 Å². The summed E-state index contributed by atoms with van der Waals surface area (Å²) in [6, 6.07) is 4.44. The van der Waals surface area contributed by atoms with E-state index >= 15 is 0 Å². The van der Waals surface area contributed by atoms with E-state index < -0.39 is 10.7 Å². The summed E-state index contributed by atoms with van der Waals surface area (Å²) in [6.07, 6.45) is 0. The van der Waals surface area contributed by atoms with E-state index in [1.54, 1.807) is 19.1 Å². The lowest BCUT2D eigenvalue weighted by molar-refractivity contribution is 0.610. The quantitative estimate of drug-likeness (QED) is 0.709. The summed E-state index contributed by atoms with van der Waals surface area (Å²) in [5, 5.41) is 0. The first-order valence-corrected chi connectivity index (χ1v) is 4.82. The Morgan fingerprint density at radius 2 is 2.08 bits per heavy atom. The fourth-order valence-electron chi connectivity index (χ4n) is 0.884. The molecule has 1 aromatic rings. The second kappa shape index (κ2) is 3.67. The topological polar surface area (TPSA) is 34.1 Å². The van der Waals surface area contributed by atoms with Gasteiger partial charge >= 0.3 is 0 Å². The maximum absolute atomic E-state index is 12.8. The predicted octanol–water partition coefficient (Wildman–Crippen LogP) is 1.25. The molecular formula is C8H9FO2S. The van der Waals surface area contributed by atoms with Crippen LogP contribution in [0.5, 0.6) is 0 Å². The summed E-state index contributed by atoms with van der Waals surface area (Å²) in [5.74, 6) is -0.448. The van der Waals surface area contributed by atoms with Crippen LogP contribution in [0, 0.1) is 12.7 Å². The lowest BCUT2D eigenvalue weighted by atomic mass is 10.2. The van der Waals surface area contributed by atoms with Crippen LogP contribution in [0.4, 0.5) is 4.39 Å². The number of hydrogen-bond donors (Lipinski definition) is 1. The molecule has 4 heteroatoms. The lowest BCUT2D eigenvalue weighted by Gasteiger charge is -1.97. The van der Waals surface area contributed by atoms with Crippen molar-refractivity contribution in [1.29, 1.82) is 0 Å². The van der Waals surface area contributed by atoms with Crippen LogP contribution in [0.3, 0.4) is 0 Å². The molecule has 0 bridgehead atoms. The van der Waals surface area contributed by atoms with E-state index in [0.717, 1.165) is 0 Å². The van der Waals surface area contributed by atoms with Crippen LogP contribution in [0.25, 0.3) is 0 Å². The van der Waals surface area contributed by atoms with E-state index in [1.165, 1.54) is 6.07 Å². The SMILES string of the molecule is Cc1ccc(C[SH](=O)=O)cc1F. The highest BCUT2D eigenvalue weighted by Crippen LogP contribution is 2.09. The summed E-state index contributed by atoms with van der Waals surface area (Å²) in [5.41, 5.74) is 1.02. The summed E-state index contributed by atoms with van der Waals surface area (Å²) in [4.78, 5) is 0. The summed E-state index contributed by atoms with van der Waals surface area (Å²) in [6.45, 7) is 1.64. The third-order valence-electron chi connectivity index (χ3n) is 1.55. The molecule has 0 spiro atoms. The Labute approximate surface area is 72.0 Å². The van der Waals surface area contributed by atoms with Gasteiger partial charge in [-0.2, -0.15) is 0 Å². The molecule has 0 unspecified atom stereocenters. The summed E-state index contributed by atoms with van der Waals surface area (Å²) < 4.78 is 33.4. The highest BCUT2D eigenvalue weighted by molar-refractivity contribution is 7.71. The Kier molecular flexibility index (Phi) is 2.81. The van der Waals surface area contributed by atoms with Crippen LogP contribution in [0.15, 0.2) is 18.2 Å². The first kappa shape index (κ1) is 9.19. The van der Waals surface area contributed by atoms with Crippen LogP contribution < -0.4 is 0 Å². The molecular weight excluding hydrogens is 179 g/mol. The number of aryl methyl sites for hydroxylation is 1. The molecule has 0 aliphatic rings. The van der Waals surface area contributed by atoms with Gasteiger partial charge in [-0.25, -0.2) is 12.8 Å². The Morgan fingerprint density at radius 3 is 2.58 bits per heavy atom. The number of halogens is 1. The van der Waals surface area contributed by atoms with Crippen molar-refractivity contribution < 1.29 is 12.8 Å². The molecule has 0 aromatic heterocycles. The summed E-state index contributed by atoms with van der Waals surface area (Å²) >= 11 is 0. The fourth-order valence-corrected chi connectivity index (χ4v) is 1.38. The average molecular weight is 188 g/mol. The van der Waals surface area contributed by atoms with Gasteiger partial charge in [0.05, 0.1) is 5.75 Å². The molecule has 0 N–H and O–H groups in total. The maximum atomic E-state index is 12.8. The van der Waals surface area contributed by atoms with Gasteiger partial charge in [-0.15, -0.1) is 0 Å². The second-order valence-corrected chi connectivity index (χ2v) is 3.56. The van der Waals surface area contributed by atoms with Gasteiger partial charge in [0.25, 0.3) is 0 Å². The minimum absolute atomic E-state index is 0.0907. The minimum atomic E-state index is -2.47. The van der Waals surface area contributed by atoms with E-state index in [1.807, 2.05) is 0 Å². The molecule has 66 valence electrons. The van der Waals surface area contributed by atoms with Crippen molar-refractivity contribution in [3.63, 3.8) is 0 Å². The van der Waals surface area contributed by atoms with Crippen molar-refractivity contribution >= 4 is 10.7 Å². The average Bonchev–Trinajstić information content (AvgIpc) is 1.96. The van der Waals surface area contributed by atoms with Gasteiger partial charge < -0.3 is 0 Å². The first-order valence-electron chi connectivity index (χ1n) is 3.46. The maximum Gasteiger partial charge on any atom is 0.144 e. The van der Waals surface area contributed by atoms with Gasteiger partial charge in [0.15, 0.2) is 0 Å². The van der Waals surface area contributed by atoms with Crippen molar-refractivity contribution in [3.8, 4) is 0 Å². The van der Waals surface area contributed by atoms with Crippen LogP contribution in [0.2, 0.25) is 0 Å². The highest BCUT2D eigenvalue weighted by atomic mass is 32.2. The number of rotatable bonds is 2. The molecule has 1 aromatic carbocycles. The predicted molar refractivity (Wildman–Crippen MR) is 45.2 cm³/mol. The fraction of sp³-hybridized carbons (Fsp3) is 0.250. The lowest BCUT2D eigenvalue weighted by Crippen LogP contribution is -1.89. The van der Waals surface area contributed by atoms with Crippen molar-refractivity contribution in [2.75, 3.05) is 0 Å². The molecule has 0 atom stereocenters. The van der Waals surface area contributed by atoms with Crippen LogP contribution >= 0.6 is 0 Å². The van der Waals surface area contributed by atoms with Gasteiger partial charge in [-0.3, -0.25) is 0 Å². The zero-order valence-corrected chi connectivity index (χ0v) is 7.48. The summed E-state index contributed by atoms with van der Waals surface area (Å²) in [7, 11) is -2.47. The van der Waals surface area contributed by atoms with Gasteiger partial charge in [0.2, 0.25) is 0 Å². The minimum Gasteiger partial charge on any atom is -0.232 e. The molecule has 0 saturated carbocycles. The van der Waals surface area contributed by atoms with Crippen molar-refractivity contribution in [3.05, 3.63) is 35.1 Å². The number of thiol groups is 1. The third kappa shape index (κ3) is 2.30. The molecule has 0 aliphatic heterocycles. The number of hydrogen-bond acceptors (Lipinski definition) is 2. The molecule has 2 nitrogen and oxygen atoms in total. The molecule has 0 aliphatic carbocycles. The van der Waals surface area contributed by atoms with Gasteiger partial charge in [0.1, 0.15) is 16.5 Å². The van der Waals surface area contributed by atoms with E-state index in [9.17, 15) is 12.8 Å². The van der Waals surface area contributed by atoms with E-state index in [0.29, 0.717) is 11.1 Å². The Morgan fingerprint density at radius 1 is 1.42 bits per heavy atom. The van der Waals surface area contributed by atoms with Crippen molar-refractivity contribution in [2.24, 2.45) is 0 Å². The highest BCUT2D eigenvalue weighted by Gasteiger charge is 1.99. The normalized spacial score (nSPS) is 10.6. The third-order valence-corrected chi connectivity index (χ3v) is 2.17. The van der Waals surface area contributed by atoms with Gasteiger partial charge in [-0.05, 0) is 24.1 Å². The first-order chi connectivity index (χ1) is 5.59. The Hall–Kier alpha value is -0.900. The second-order valence-electron chi connectivity index (χ2n) is 2.57.